The Morgan fingerprint density at radius 1 is 1.12 bits per heavy atom. The molecule has 0 aliphatic carbocycles. The van der Waals surface area contributed by atoms with Gasteiger partial charge in [0.05, 0.1) is 11.5 Å². The number of ether oxygens (including phenoxy) is 1. The van der Waals surface area contributed by atoms with E-state index < -0.39 is 10.0 Å². The van der Waals surface area contributed by atoms with Crippen molar-refractivity contribution in [3.05, 3.63) is 51.2 Å². The van der Waals surface area contributed by atoms with Crippen LogP contribution in [0.2, 0.25) is 5.02 Å². The van der Waals surface area contributed by atoms with E-state index in [1.54, 1.807) is 39.9 Å². The molecule has 1 aromatic heterocycles. The first-order valence-electron chi connectivity index (χ1n) is 7.98. The molecule has 0 unspecified atom stereocenters. The number of fused-ring (bicyclic) bond motifs is 2. The molecule has 0 bridgehead atoms. The summed E-state index contributed by atoms with van der Waals surface area (Å²) in [5, 5.41) is 2.64. The molecule has 2 aliphatic heterocycles. The molecule has 1 spiro atoms. The van der Waals surface area contributed by atoms with Gasteiger partial charge in [0, 0.05) is 23.0 Å². The van der Waals surface area contributed by atoms with Crippen molar-refractivity contribution in [1.82, 2.24) is 4.31 Å². The molecular formula is C17H18ClNO3S2. The molecule has 0 atom stereocenters. The van der Waals surface area contributed by atoms with Gasteiger partial charge in [-0.15, -0.1) is 11.3 Å². The SMILES string of the molecule is O=S(=O)(c1ccc(Cl)cc1)N1CCC2(CC1)OCCc1ccsc12. The van der Waals surface area contributed by atoms with Gasteiger partial charge in [-0.3, -0.25) is 0 Å². The summed E-state index contributed by atoms with van der Waals surface area (Å²) in [4.78, 5) is 1.58. The van der Waals surface area contributed by atoms with E-state index in [1.807, 2.05) is 0 Å². The van der Waals surface area contributed by atoms with Gasteiger partial charge in [0.25, 0.3) is 0 Å². The van der Waals surface area contributed by atoms with Crippen LogP contribution in [-0.4, -0.2) is 32.4 Å². The van der Waals surface area contributed by atoms with Crippen LogP contribution in [0.5, 0.6) is 0 Å². The highest BCUT2D eigenvalue weighted by Gasteiger charge is 2.44. The zero-order valence-corrected chi connectivity index (χ0v) is 15.5. The van der Waals surface area contributed by atoms with Crippen molar-refractivity contribution >= 4 is 33.0 Å². The van der Waals surface area contributed by atoms with Crippen LogP contribution in [-0.2, 0) is 26.8 Å². The summed E-state index contributed by atoms with van der Waals surface area (Å²) in [5.41, 5.74) is 1.06. The maximum Gasteiger partial charge on any atom is 0.243 e. The Bertz CT molecular complexity index is 837. The summed E-state index contributed by atoms with van der Waals surface area (Å²) in [6.07, 6.45) is 2.36. The maximum atomic E-state index is 12.8. The van der Waals surface area contributed by atoms with Crippen molar-refractivity contribution in [3.63, 3.8) is 0 Å². The lowest BCUT2D eigenvalue weighted by Crippen LogP contribution is -2.47. The number of thiophene rings is 1. The predicted molar refractivity (Wildman–Crippen MR) is 95.1 cm³/mol. The van der Waals surface area contributed by atoms with E-state index in [9.17, 15) is 8.42 Å². The maximum absolute atomic E-state index is 12.8. The van der Waals surface area contributed by atoms with Crippen molar-refractivity contribution in [2.75, 3.05) is 19.7 Å². The number of nitrogens with zero attached hydrogens (tertiary/aromatic N) is 1. The Morgan fingerprint density at radius 2 is 1.83 bits per heavy atom. The molecule has 3 heterocycles. The highest BCUT2D eigenvalue weighted by atomic mass is 35.5. The van der Waals surface area contributed by atoms with E-state index in [1.165, 1.54) is 10.4 Å². The second-order valence-corrected chi connectivity index (χ2v) is 9.52. The first-order valence-corrected chi connectivity index (χ1v) is 10.7. The summed E-state index contributed by atoms with van der Waals surface area (Å²) in [5.74, 6) is 0. The highest BCUT2D eigenvalue weighted by molar-refractivity contribution is 7.89. The lowest BCUT2D eigenvalue weighted by Gasteiger charge is -2.43. The molecule has 24 heavy (non-hydrogen) atoms. The first-order chi connectivity index (χ1) is 11.5. The van der Waals surface area contributed by atoms with Crippen LogP contribution in [0.15, 0.2) is 40.6 Å². The van der Waals surface area contributed by atoms with Gasteiger partial charge in [-0.1, -0.05) is 11.6 Å². The van der Waals surface area contributed by atoms with E-state index in [0.29, 0.717) is 42.5 Å². The summed E-state index contributed by atoms with van der Waals surface area (Å²) >= 11 is 7.59. The Morgan fingerprint density at radius 3 is 2.54 bits per heavy atom. The topological polar surface area (TPSA) is 46.6 Å². The molecule has 0 N–H and O–H groups in total. The monoisotopic (exact) mass is 383 g/mol. The smallest absolute Gasteiger partial charge is 0.243 e. The van der Waals surface area contributed by atoms with Gasteiger partial charge in [-0.05, 0) is 60.5 Å². The average Bonchev–Trinajstić information content (AvgIpc) is 3.06. The number of sulfonamides is 1. The van der Waals surface area contributed by atoms with Crippen LogP contribution in [0.4, 0.5) is 0 Å². The molecule has 2 aromatic rings. The van der Waals surface area contributed by atoms with E-state index >= 15 is 0 Å². The minimum Gasteiger partial charge on any atom is -0.369 e. The zero-order chi connectivity index (χ0) is 16.8. The van der Waals surface area contributed by atoms with Crippen LogP contribution in [0.1, 0.15) is 23.3 Å². The number of benzene rings is 1. The third-order valence-corrected chi connectivity index (χ3v) is 8.20. The molecule has 4 nitrogen and oxygen atoms in total. The fourth-order valence-corrected chi connectivity index (χ4v) is 6.30. The number of hydrogen-bond acceptors (Lipinski definition) is 4. The zero-order valence-electron chi connectivity index (χ0n) is 13.1. The minimum atomic E-state index is -3.48. The number of piperidine rings is 1. The Kier molecular flexibility index (Phi) is 4.21. The third-order valence-electron chi connectivity index (χ3n) is 4.89. The lowest BCUT2D eigenvalue weighted by atomic mass is 9.86. The predicted octanol–water partition coefficient (Wildman–Crippen LogP) is 3.65. The van der Waals surface area contributed by atoms with Gasteiger partial charge in [0.15, 0.2) is 0 Å². The van der Waals surface area contributed by atoms with Crippen molar-refractivity contribution < 1.29 is 13.2 Å². The van der Waals surface area contributed by atoms with E-state index in [0.717, 1.165) is 6.42 Å². The molecular weight excluding hydrogens is 366 g/mol. The molecule has 4 rings (SSSR count). The Hall–Kier alpha value is -0.920. The first kappa shape index (κ1) is 16.5. The number of halogens is 1. The summed E-state index contributed by atoms with van der Waals surface area (Å²) in [6.45, 7) is 1.66. The summed E-state index contributed by atoms with van der Waals surface area (Å²) in [7, 11) is -3.48. The van der Waals surface area contributed by atoms with E-state index in [-0.39, 0.29) is 5.60 Å². The normalized spacial score (nSPS) is 20.9. The van der Waals surface area contributed by atoms with Crippen LogP contribution in [0.3, 0.4) is 0 Å². The van der Waals surface area contributed by atoms with Gasteiger partial charge < -0.3 is 4.74 Å². The number of rotatable bonds is 2. The highest BCUT2D eigenvalue weighted by Crippen LogP contribution is 2.44. The van der Waals surface area contributed by atoms with E-state index in [4.69, 9.17) is 16.3 Å². The average molecular weight is 384 g/mol. The van der Waals surface area contributed by atoms with Gasteiger partial charge >= 0.3 is 0 Å². The van der Waals surface area contributed by atoms with Crippen molar-refractivity contribution in [2.45, 2.75) is 29.8 Å². The van der Waals surface area contributed by atoms with Crippen LogP contribution >= 0.6 is 22.9 Å². The quantitative estimate of drug-likeness (QED) is 0.795. The van der Waals surface area contributed by atoms with Gasteiger partial charge in [0.2, 0.25) is 10.0 Å². The molecule has 1 aromatic carbocycles. The standard InChI is InChI=1S/C17H18ClNO3S2/c18-14-1-3-15(4-2-14)24(20,21)19-9-7-17(8-10-19)16-13(5-11-22-17)6-12-23-16/h1-4,6,12H,5,7-11H2. The fourth-order valence-electron chi connectivity index (χ4n) is 3.57. The largest absolute Gasteiger partial charge is 0.369 e. The molecule has 1 saturated heterocycles. The Labute approximate surface area is 151 Å². The van der Waals surface area contributed by atoms with Gasteiger partial charge in [0.1, 0.15) is 5.60 Å². The van der Waals surface area contributed by atoms with Crippen LogP contribution in [0, 0.1) is 0 Å². The lowest BCUT2D eigenvalue weighted by molar-refractivity contribution is -0.0861. The number of hydrogen-bond donors (Lipinski definition) is 0. The summed E-state index contributed by atoms with van der Waals surface area (Å²) in [6, 6.07) is 8.53. The molecule has 0 saturated carbocycles. The van der Waals surface area contributed by atoms with Crippen molar-refractivity contribution in [1.29, 1.82) is 0 Å². The minimum absolute atomic E-state index is 0.296. The van der Waals surface area contributed by atoms with Gasteiger partial charge in [-0.25, -0.2) is 8.42 Å². The second kappa shape index (κ2) is 6.11. The molecule has 1 fully saturated rings. The second-order valence-electron chi connectivity index (χ2n) is 6.23. The van der Waals surface area contributed by atoms with Crippen LogP contribution < -0.4 is 0 Å². The van der Waals surface area contributed by atoms with Crippen molar-refractivity contribution in [3.8, 4) is 0 Å². The van der Waals surface area contributed by atoms with Crippen LogP contribution in [0.25, 0.3) is 0 Å². The fraction of sp³-hybridized carbons (Fsp3) is 0.412. The van der Waals surface area contributed by atoms with Gasteiger partial charge in [-0.2, -0.15) is 4.31 Å². The molecule has 0 amide bonds. The van der Waals surface area contributed by atoms with E-state index in [2.05, 4.69) is 11.4 Å². The molecule has 2 aliphatic rings. The molecule has 128 valence electrons. The summed E-state index contributed by atoms with van der Waals surface area (Å²) < 4.78 is 33.3. The van der Waals surface area contributed by atoms with Crippen molar-refractivity contribution in [2.24, 2.45) is 0 Å². The Balaban J connectivity index is 1.56. The molecule has 7 heteroatoms. The molecule has 0 radical (unpaired) electrons. The third kappa shape index (κ3) is 2.70.